The molecule has 0 saturated carbocycles. The van der Waals surface area contributed by atoms with Crippen LogP contribution in [-0.2, 0) is 16.1 Å². The molecule has 5 nitrogen and oxygen atoms in total. The highest BCUT2D eigenvalue weighted by molar-refractivity contribution is 6.35. The summed E-state index contributed by atoms with van der Waals surface area (Å²) in [5, 5.41) is 1.53. The third-order valence-electron chi connectivity index (χ3n) is 2.60. The van der Waals surface area contributed by atoms with Crippen LogP contribution in [0.5, 0.6) is 0 Å². The first-order valence-corrected chi connectivity index (χ1v) is 5.74. The summed E-state index contributed by atoms with van der Waals surface area (Å²) in [4.78, 5) is 22.6. The average molecular weight is 266 g/mol. The smallest absolute Gasteiger partial charge is 0.241 e. The molecular weight excluding hydrogens is 254 g/mol. The number of aromatic nitrogens is 1. The number of carbonyl (C=O) groups excluding carboxylic acids is 2. The van der Waals surface area contributed by atoms with Crippen molar-refractivity contribution in [3.8, 4) is 0 Å². The van der Waals surface area contributed by atoms with Crippen molar-refractivity contribution < 1.29 is 9.59 Å². The summed E-state index contributed by atoms with van der Waals surface area (Å²) in [5.74, 6) is 4.20. The lowest BCUT2D eigenvalue weighted by Crippen LogP contribution is -2.32. The Morgan fingerprint density at radius 3 is 2.83 bits per heavy atom. The van der Waals surface area contributed by atoms with Crippen LogP contribution in [0.25, 0.3) is 10.9 Å². The summed E-state index contributed by atoms with van der Waals surface area (Å²) < 4.78 is 1.73. The van der Waals surface area contributed by atoms with Crippen LogP contribution in [0.15, 0.2) is 30.5 Å². The normalized spacial score (nSPS) is 10.6. The molecule has 6 heteroatoms. The highest BCUT2D eigenvalue weighted by atomic mass is 35.5. The fourth-order valence-corrected chi connectivity index (χ4v) is 2.11. The number of hydrogen-bond acceptors (Lipinski definition) is 3. The van der Waals surface area contributed by atoms with Gasteiger partial charge in [-0.15, -0.1) is 0 Å². The van der Waals surface area contributed by atoms with Crippen LogP contribution in [-0.4, -0.2) is 16.3 Å². The number of ketones is 1. The quantitative estimate of drug-likeness (QED) is 0.378. The maximum atomic E-state index is 11.7. The van der Waals surface area contributed by atoms with E-state index in [0.29, 0.717) is 5.02 Å². The van der Waals surface area contributed by atoms with Gasteiger partial charge in [0.15, 0.2) is 5.78 Å². The molecule has 0 aliphatic heterocycles. The molecule has 0 fully saturated rings. The number of rotatable bonds is 4. The number of fused-ring (bicyclic) bond motifs is 1. The monoisotopic (exact) mass is 265 g/mol. The van der Waals surface area contributed by atoms with Gasteiger partial charge in [-0.3, -0.25) is 15.0 Å². The number of hydrogen-bond donors (Lipinski definition) is 2. The summed E-state index contributed by atoms with van der Waals surface area (Å²) in [6.45, 7) is 0.0979. The predicted molar refractivity (Wildman–Crippen MR) is 68.9 cm³/mol. The van der Waals surface area contributed by atoms with Crippen LogP contribution in [0, 0.1) is 0 Å². The van der Waals surface area contributed by atoms with E-state index in [9.17, 15) is 9.59 Å². The van der Waals surface area contributed by atoms with Crippen molar-refractivity contribution in [2.45, 2.75) is 13.0 Å². The Bertz CT molecular complexity index is 606. The fraction of sp³-hybridized carbons (Fsp3) is 0.167. The van der Waals surface area contributed by atoms with Crippen LogP contribution in [0.3, 0.4) is 0 Å². The number of Topliss-reactive ketones (excluding diaryl/α,β-unsaturated/α-hetero) is 1. The molecule has 1 amide bonds. The predicted octanol–water partition coefficient (Wildman–Crippen LogP) is 1.24. The topological polar surface area (TPSA) is 77.1 Å². The summed E-state index contributed by atoms with van der Waals surface area (Å²) in [7, 11) is 0. The SMILES string of the molecule is NNC(=O)CC(=O)Cn1ccc2cccc(Cl)c21. The third kappa shape index (κ3) is 2.52. The Labute approximate surface area is 108 Å². The molecule has 1 aromatic carbocycles. The zero-order valence-electron chi connectivity index (χ0n) is 9.52. The molecule has 2 aromatic rings. The molecule has 1 aromatic heterocycles. The van der Waals surface area contributed by atoms with E-state index in [2.05, 4.69) is 0 Å². The van der Waals surface area contributed by atoms with E-state index in [1.54, 1.807) is 16.8 Å². The van der Waals surface area contributed by atoms with Crippen LogP contribution >= 0.6 is 11.6 Å². The van der Waals surface area contributed by atoms with Crippen molar-refractivity contribution in [2.24, 2.45) is 5.84 Å². The minimum Gasteiger partial charge on any atom is -0.339 e. The Hall–Kier alpha value is -1.85. The number of nitrogens with one attached hydrogen (secondary N) is 1. The van der Waals surface area contributed by atoms with Crippen molar-refractivity contribution >= 4 is 34.2 Å². The second-order valence-electron chi connectivity index (χ2n) is 3.90. The summed E-state index contributed by atoms with van der Waals surface area (Å²) >= 11 is 6.09. The lowest BCUT2D eigenvalue weighted by molar-refractivity contribution is -0.128. The molecule has 0 aliphatic carbocycles. The van der Waals surface area contributed by atoms with Gasteiger partial charge in [-0.1, -0.05) is 23.7 Å². The summed E-state index contributed by atoms with van der Waals surface area (Å²) in [6.07, 6.45) is 1.54. The molecule has 0 unspecified atom stereocenters. The third-order valence-corrected chi connectivity index (χ3v) is 2.91. The van der Waals surface area contributed by atoms with Gasteiger partial charge in [0.25, 0.3) is 0 Å². The number of nitrogens with two attached hydrogens (primary N) is 1. The lowest BCUT2D eigenvalue weighted by Gasteiger charge is -2.05. The van der Waals surface area contributed by atoms with Crippen molar-refractivity contribution in [1.82, 2.24) is 9.99 Å². The van der Waals surface area contributed by atoms with E-state index in [1.165, 1.54) is 0 Å². The zero-order valence-corrected chi connectivity index (χ0v) is 10.3. The van der Waals surface area contributed by atoms with Gasteiger partial charge in [0, 0.05) is 11.6 Å². The van der Waals surface area contributed by atoms with E-state index >= 15 is 0 Å². The fourth-order valence-electron chi connectivity index (χ4n) is 1.82. The lowest BCUT2D eigenvalue weighted by atomic mass is 10.2. The number of hydrazine groups is 1. The van der Waals surface area contributed by atoms with Crippen molar-refractivity contribution in [2.75, 3.05) is 0 Å². The van der Waals surface area contributed by atoms with E-state index in [-0.39, 0.29) is 18.7 Å². The largest absolute Gasteiger partial charge is 0.339 e. The summed E-state index contributed by atoms with van der Waals surface area (Å²) in [5.41, 5.74) is 2.72. The Morgan fingerprint density at radius 2 is 2.11 bits per heavy atom. The van der Waals surface area contributed by atoms with Gasteiger partial charge >= 0.3 is 0 Å². The molecule has 1 heterocycles. The van der Waals surface area contributed by atoms with Crippen molar-refractivity contribution in [3.63, 3.8) is 0 Å². The maximum Gasteiger partial charge on any atom is 0.241 e. The van der Waals surface area contributed by atoms with Gasteiger partial charge < -0.3 is 4.57 Å². The molecule has 94 valence electrons. The first-order valence-electron chi connectivity index (χ1n) is 5.36. The minimum atomic E-state index is -0.498. The Balaban J connectivity index is 2.22. The first-order chi connectivity index (χ1) is 8.61. The zero-order chi connectivity index (χ0) is 13.1. The van der Waals surface area contributed by atoms with Crippen LogP contribution in [0.4, 0.5) is 0 Å². The molecular formula is C12H12ClN3O2. The Kier molecular flexibility index (Phi) is 3.64. The molecule has 0 radical (unpaired) electrons. The van der Waals surface area contributed by atoms with E-state index in [4.69, 9.17) is 17.4 Å². The standard InChI is InChI=1S/C12H12ClN3O2/c13-10-3-1-2-8-4-5-16(12(8)10)7-9(17)6-11(18)15-14/h1-5H,6-7,14H2,(H,15,18). The molecule has 0 atom stereocenters. The first kappa shape index (κ1) is 12.6. The molecule has 0 bridgehead atoms. The molecule has 18 heavy (non-hydrogen) atoms. The van der Waals surface area contributed by atoms with Gasteiger partial charge in [-0.2, -0.15) is 0 Å². The molecule has 0 saturated heterocycles. The van der Waals surface area contributed by atoms with Gasteiger partial charge in [0.05, 0.1) is 23.5 Å². The second kappa shape index (κ2) is 5.20. The van der Waals surface area contributed by atoms with Crippen molar-refractivity contribution in [1.29, 1.82) is 0 Å². The number of benzene rings is 1. The Morgan fingerprint density at radius 1 is 1.33 bits per heavy atom. The molecule has 0 spiro atoms. The van der Waals surface area contributed by atoms with E-state index in [1.807, 2.05) is 23.6 Å². The average Bonchev–Trinajstić information content (AvgIpc) is 2.73. The van der Waals surface area contributed by atoms with Crippen molar-refractivity contribution in [3.05, 3.63) is 35.5 Å². The van der Waals surface area contributed by atoms with Gasteiger partial charge in [0.1, 0.15) is 0 Å². The number of carbonyl (C=O) groups is 2. The number of halogens is 1. The number of para-hydroxylation sites is 1. The van der Waals surface area contributed by atoms with Crippen LogP contribution < -0.4 is 11.3 Å². The second-order valence-corrected chi connectivity index (χ2v) is 4.31. The maximum absolute atomic E-state index is 11.7. The van der Waals surface area contributed by atoms with Gasteiger partial charge in [-0.05, 0) is 12.1 Å². The van der Waals surface area contributed by atoms with E-state index in [0.717, 1.165) is 10.9 Å². The highest BCUT2D eigenvalue weighted by Gasteiger charge is 2.11. The molecule has 3 N–H and O–H groups in total. The molecule has 0 aliphatic rings. The van der Waals surface area contributed by atoms with Crippen LogP contribution in [0.2, 0.25) is 5.02 Å². The summed E-state index contributed by atoms with van der Waals surface area (Å²) in [6, 6.07) is 7.39. The number of nitrogens with zero attached hydrogens (tertiary/aromatic N) is 1. The molecule has 2 rings (SSSR count). The van der Waals surface area contributed by atoms with E-state index < -0.39 is 5.91 Å². The van der Waals surface area contributed by atoms with Crippen LogP contribution in [0.1, 0.15) is 6.42 Å². The number of amides is 1. The minimum absolute atomic E-state index is 0.0979. The van der Waals surface area contributed by atoms with Gasteiger partial charge in [-0.25, -0.2) is 5.84 Å². The van der Waals surface area contributed by atoms with Gasteiger partial charge in [0.2, 0.25) is 5.91 Å². The highest BCUT2D eigenvalue weighted by Crippen LogP contribution is 2.24.